The Morgan fingerprint density at radius 3 is 2.55 bits per heavy atom. The second kappa shape index (κ2) is 5.35. The number of benzene rings is 2. The van der Waals surface area contributed by atoms with Gasteiger partial charge in [-0.15, -0.1) is 0 Å². The Morgan fingerprint density at radius 2 is 1.86 bits per heavy atom. The normalized spacial score (nSPS) is 12.5. The van der Waals surface area contributed by atoms with Crippen LogP contribution in [0.4, 0.5) is 8.78 Å². The lowest BCUT2D eigenvalue weighted by molar-refractivity contribution is 0.171. The maximum atomic E-state index is 14.0. The first-order chi connectivity index (χ1) is 10.5. The highest BCUT2D eigenvalue weighted by atomic mass is 19.1. The Labute approximate surface area is 124 Å². The van der Waals surface area contributed by atoms with Gasteiger partial charge in [0.15, 0.2) is 0 Å². The number of hydrogen-bond acceptors (Lipinski definition) is 3. The van der Waals surface area contributed by atoms with E-state index in [9.17, 15) is 18.7 Å². The van der Waals surface area contributed by atoms with Crippen LogP contribution in [0.15, 0.2) is 51.7 Å². The lowest BCUT2D eigenvalue weighted by Gasteiger charge is -2.12. The van der Waals surface area contributed by atoms with E-state index in [2.05, 4.69) is 0 Å². The zero-order valence-corrected chi connectivity index (χ0v) is 11.6. The maximum absolute atomic E-state index is 14.0. The van der Waals surface area contributed by atoms with Crippen LogP contribution in [0.3, 0.4) is 0 Å². The van der Waals surface area contributed by atoms with Crippen LogP contribution < -0.4 is 5.43 Å². The van der Waals surface area contributed by atoms with E-state index < -0.39 is 23.2 Å². The predicted octanol–water partition coefficient (Wildman–Crippen LogP) is 3.79. The van der Waals surface area contributed by atoms with Gasteiger partial charge in [-0.1, -0.05) is 18.2 Å². The average Bonchev–Trinajstić information content (AvgIpc) is 2.46. The van der Waals surface area contributed by atoms with Crippen LogP contribution in [0.25, 0.3) is 22.1 Å². The van der Waals surface area contributed by atoms with Gasteiger partial charge in [0.25, 0.3) is 0 Å². The summed E-state index contributed by atoms with van der Waals surface area (Å²) >= 11 is 0. The van der Waals surface area contributed by atoms with E-state index >= 15 is 0 Å². The lowest BCUT2D eigenvalue weighted by atomic mass is 10.00. The summed E-state index contributed by atoms with van der Waals surface area (Å²) < 4.78 is 32.9. The molecule has 22 heavy (non-hydrogen) atoms. The van der Waals surface area contributed by atoms with E-state index in [0.717, 1.165) is 12.1 Å². The summed E-state index contributed by atoms with van der Waals surface area (Å²) in [5.41, 5.74) is -0.399. The fourth-order valence-corrected chi connectivity index (χ4v) is 2.43. The molecule has 3 rings (SSSR count). The molecule has 0 fully saturated rings. The Balaban J connectivity index is 2.46. The predicted molar refractivity (Wildman–Crippen MR) is 78.5 cm³/mol. The molecule has 5 heteroatoms. The summed E-state index contributed by atoms with van der Waals surface area (Å²) in [6.45, 7) is 1.42. The first-order valence-corrected chi connectivity index (χ1v) is 6.68. The summed E-state index contributed by atoms with van der Waals surface area (Å²) in [5.74, 6) is -1.28. The van der Waals surface area contributed by atoms with Crippen molar-refractivity contribution in [1.82, 2.24) is 0 Å². The molecule has 0 amide bonds. The Kier molecular flexibility index (Phi) is 3.50. The fraction of sp³-hybridized carbons (Fsp3) is 0.118. The Morgan fingerprint density at radius 1 is 1.14 bits per heavy atom. The topological polar surface area (TPSA) is 50.4 Å². The molecular formula is C17H12F2O3. The van der Waals surface area contributed by atoms with Crippen LogP contribution in [0.2, 0.25) is 0 Å². The van der Waals surface area contributed by atoms with Crippen molar-refractivity contribution in [2.75, 3.05) is 0 Å². The quantitative estimate of drug-likeness (QED) is 0.783. The van der Waals surface area contributed by atoms with E-state index in [1.54, 1.807) is 0 Å². The molecule has 0 saturated heterocycles. The third-order valence-corrected chi connectivity index (χ3v) is 3.39. The Bertz CT molecular complexity index is 913. The summed E-state index contributed by atoms with van der Waals surface area (Å²) in [6.07, 6.45) is -1.10. The van der Waals surface area contributed by atoms with Gasteiger partial charge in [0.2, 0.25) is 5.43 Å². The molecule has 1 heterocycles. The molecule has 0 bridgehead atoms. The Hall–Kier alpha value is -2.53. The zero-order valence-electron chi connectivity index (χ0n) is 11.6. The van der Waals surface area contributed by atoms with Gasteiger partial charge < -0.3 is 9.52 Å². The number of aliphatic hydroxyl groups excluding tert-OH is 1. The van der Waals surface area contributed by atoms with E-state index in [-0.39, 0.29) is 27.9 Å². The van der Waals surface area contributed by atoms with E-state index in [1.807, 2.05) is 0 Å². The number of halogens is 2. The van der Waals surface area contributed by atoms with Crippen LogP contribution in [0.1, 0.15) is 18.8 Å². The fourth-order valence-electron chi connectivity index (χ4n) is 2.43. The minimum Gasteiger partial charge on any atom is -0.457 e. The number of hydrogen-bond donors (Lipinski definition) is 1. The number of fused-ring (bicyclic) bond motifs is 1. The van der Waals surface area contributed by atoms with Gasteiger partial charge in [-0.2, -0.15) is 0 Å². The van der Waals surface area contributed by atoms with Crippen LogP contribution in [-0.4, -0.2) is 5.11 Å². The maximum Gasteiger partial charge on any atom is 0.203 e. The summed E-state index contributed by atoms with van der Waals surface area (Å²) in [4.78, 5) is 12.7. The first-order valence-electron chi connectivity index (χ1n) is 6.68. The molecule has 0 unspecified atom stereocenters. The van der Waals surface area contributed by atoms with Crippen molar-refractivity contribution in [1.29, 1.82) is 0 Å². The standard InChI is InChI=1S/C17H12F2O3/c1-9(20)17-14(10-4-2-5-11(18)8-10)16(21)15-12(19)6-3-7-13(15)22-17/h2-9,20H,1H3/t9-/m1/s1. The van der Waals surface area contributed by atoms with E-state index in [0.29, 0.717) is 0 Å². The highest BCUT2D eigenvalue weighted by molar-refractivity contribution is 5.83. The molecule has 3 nitrogen and oxygen atoms in total. The second-order valence-electron chi connectivity index (χ2n) is 4.97. The molecule has 0 spiro atoms. The molecule has 0 aliphatic carbocycles. The van der Waals surface area contributed by atoms with Gasteiger partial charge in [0, 0.05) is 0 Å². The summed E-state index contributed by atoms with van der Waals surface area (Å²) in [5, 5.41) is 9.65. The van der Waals surface area contributed by atoms with Crippen LogP contribution in [-0.2, 0) is 0 Å². The third-order valence-electron chi connectivity index (χ3n) is 3.39. The van der Waals surface area contributed by atoms with E-state index in [4.69, 9.17) is 4.42 Å². The van der Waals surface area contributed by atoms with Crippen molar-refractivity contribution in [2.24, 2.45) is 0 Å². The van der Waals surface area contributed by atoms with Gasteiger partial charge in [-0.3, -0.25) is 4.79 Å². The highest BCUT2D eigenvalue weighted by Gasteiger charge is 2.21. The number of rotatable bonds is 2. The molecule has 2 aromatic carbocycles. The van der Waals surface area contributed by atoms with Gasteiger partial charge in [0.1, 0.15) is 34.5 Å². The monoisotopic (exact) mass is 302 g/mol. The molecular weight excluding hydrogens is 290 g/mol. The third kappa shape index (κ3) is 2.29. The van der Waals surface area contributed by atoms with Crippen molar-refractivity contribution >= 4 is 11.0 Å². The van der Waals surface area contributed by atoms with Crippen molar-refractivity contribution in [3.05, 3.63) is 70.1 Å². The van der Waals surface area contributed by atoms with Crippen LogP contribution >= 0.6 is 0 Å². The largest absolute Gasteiger partial charge is 0.457 e. The average molecular weight is 302 g/mol. The molecule has 0 aliphatic rings. The molecule has 112 valence electrons. The molecule has 3 aromatic rings. The minimum absolute atomic E-state index is 0.0197. The highest BCUT2D eigenvalue weighted by Crippen LogP contribution is 2.29. The lowest BCUT2D eigenvalue weighted by Crippen LogP contribution is -2.12. The summed E-state index contributed by atoms with van der Waals surface area (Å²) in [6, 6.07) is 9.32. The van der Waals surface area contributed by atoms with Crippen molar-refractivity contribution in [3.8, 4) is 11.1 Å². The molecule has 1 aromatic heterocycles. The second-order valence-corrected chi connectivity index (χ2v) is 4.97. The minimum atomic E-state index is -1.10. The molecule has 1 atom stereocenters. The van der Waals surface area contributed by atoms with Crippen molar-refractivity contribution in [3.63, 3.8) is 0 Å². The zero-order chi connectivity index (χ0) is 15.9. The van der Waals surface area contributed by atoms with Crippen LogP contribution in [0, 0.1) is 11.6 Å². The summed E-state index contributed by atoms with van der Waals surface area (Å²) in [7, 11) is 0. The van der Waals surface area contributed by atoms with Crippen molar-refractivity contribution < 1.29 is 18.3 Å². The van der Waals surface area contributed by atoms with Gasteiger partial charge in [0.05, 0.1) is 5.56 Å². The van der Waals surface area contributed by atoms with Gasteiger partial charge in [-0.05, 0) is 36.8 Å². The smallest absolute Gasteiger partial charge is 0.203 e. The van der Waals surface area contributed by atoms with Gasteiger partial charge >= 0.3 is 0 Å². The molecule has 0 radical (unpaired) electrons. The van der Waals surface area contributed by atoms with Crippen molar-refractivity contribution in [2.45, 2.75) is 13.0 Å². The van der Waals surface area contributed by atoms with E-state index in [1.165, 1.54) is 37.3 Å². The van der Waals surface area contributed by atoms with Crippen LogP contribution in [0.5, 0.6) is 0 Å². The molecule has 0 saturated carbocycles. The molecule has 1 N–H and O–H groups in total. The SMILES string of the molecule is C[C@@H](O)c1oc2cccc(F)c2c(=O)c1-c1cccc(F)c1. The van der Waals surface area contributed by atoms with Gasteiger partial charge in [-0.25, -0.2) is 8.78 Å². The molecule has 0 aliphatic heterocycles. The first kappa shape index (κ1) is 14.4. The number of aliphatic hydroxyl groups is 1.